The number of nitrogens with one attached hydrogen (secondary N) is 1. The summed E-state index contributed by atoms with van der Waals surface area (Å²) in [5, 5.41) is 6.10. The molecular formula is C10H17N3O3. The lowest BCUT2D eigenvalue weighted by Gasteiger charge is -2.19. The predicted octanol–water partition coefficient (Wildman–Crippen LogP) is 0.964. The smallest absolute Gasteiger partial charge is 0.356 e. The second kappa shape index (κ2) is 4.98. The first-order valence-electron chi connectivity index (χ1n) is 5.00. The highest BCUT2D eigenvalue weighted by atomic mass is 16.6. The van der Waals surface area contributed by atoms with E-state index in [-0.39, 0.29) is 23.7 Å². The molecule has 1 rings (SSSR count). The van der Waals surface area contributed by atoms with E-state index in [0.717, 1.165) is 0 Å². The predicted molar refractivity (Wildman–Crippen MR) is 59.0 cm³/mol. The maximum absolute atomic E-state index is 11.4. The van der Waals surface area contributed by atoms with Crippen molar-refractivity contribution in [2.75, 3.05) is 18.9 Å². The van der Waals surface area contributed by atoms with Crippen LogP contribution in [0, 0.1) is 0 Å². The van der Waals surface area contributed by atoms with E-state index in [9.17, 15) is 4.79 Å². The average molecular weight is 227 g/mol. The van der Waals surface area contributed by atoms with Crippen molar-refractivity contribution in [2.45, 2.75) is 26.4 Å². The topological polar surface area (TPSA) is 90.2 Å². The number of hydrogen-bond acceptors (Lipinski definition) is 5. The molecule has 1 aromatic heterocycles. The lowest BCUT2D eigenvalue weighted by molar-refractivity contribution is -0.0283. The molecule has 0 aromatic carbocycles. The highest BCUT2D eigenvalue weighted by molar-refractivity contribution is 5.87. The Balaban J connectivity index is 2.26. The third kappa shape index (κ3) is 4.31. The molecule has 6 nitrogen and oxygen atoms in total. The van der Waals surface area contributed by atoms with Crippen molar-refractivity contribution in [1.82, 2.24) is 10.2 Å². The van der Waals surface area contributed by atoms with Gasteiger partial charge < -0.3 is 15.2 Å². The summed E-state index contributed by atoms with van der Waals surface area (Å²) in [6.45, 7) is 6.37. The van der Waals surface area contributed by atoms with Gasteiger partial charge in [0.1, 0.15) is 18.1 Å². The van der Waals surface area contributed by atoms with E-state index in [1.807, 2.05) is 20.8 Å². The van der Waals surface area contributed by atoms with Crippen LogP contribution in [0.4, 0.5) is 5.82 Å². The van der Waals surface area contributed by atoms with Gasteiger partial charge in [-0.2, -0.15) is 5.10 Å². The largest absolute Gasteiger partial charge is 0.459 e. The molecule has 0 aliphatic carbocycles. The molecule has 1 heterocycles. The fourth-order valence-corrected chi connectivity index (χ4v) is 1.00. The lowest BCUT2D eigenvalue weighted by Crippen LogP contribution is -2.22. The van der Waals surface area contributed by atoms with Crippen molar-refractivity contribution in [3.05, 3.63) is 11.8 Å². The molecule has 16 heavy (non-hydrogen) atoms. The first-order chi connectivity index (χ1) is 7.38. The summed E-state index contributed by atoms with van der Waals surface area (Å²) >= 11 is 0. The number of carbonyl (C=O) groups excluding carboxylic acids is 1. The molecule has 0 radical (unpaired) electrons. The second-order valence-corrected chi connectivity index (χ2v) is 4.30. The first-order valence-corrected chi connectivity index (χ1v) is 5.00. The SMILES string of the molecule is CC(C)(C)OCCOC(=O)c1cc(N)n[nH]1. The Kier molecular flexibility index (Phi) is 3.89. The molecule has 0 saturated heterocycles. The summed E-state index contributed by atoms with van der Waals surface area (Å²) in [7, 11) is 0. The molecule has 0 atom stereocenters. The quantitative estimate of drug-likeness (QED) is 0.590. The normalized spacial score (nSPS) is 11.4. The number of nitrogens with zero attached hydrogens (tertiary/aromatic N) is 1. The summed E-state index contributed by atoms with van der Waals surface area (Å²) in [5.74, 6) is -0.223. The van der Waals surface area contributed by atoms with Gasteiger partial charge in [0.2, 0.25) is 0 Å². The highest BCUT2D eigenvalue weighted by Crippen LogP contribution is 2.06. The van der Waals surface area contributed by atoms with Crippen molar-refractivity contribution in [2.24, 2.45) is 0 Å². The minimum absolute atomic E-state index is 0.203. The van der Waals surface area contributed by atoms with E-state index in [4.69, 9.17) is 15.2 Å². The van der Waals surface area contributed by atoms with Crippen LogP contribution in [0.3, 0.4) is 0 Å². The van der Waals surface area contributed by atoms with Crippen LogP contribution >= 0.6 is 0 Å². The number of hydrogen-bond donors (Lipinski definition) is 2. The van der Waals surface area contributed by atoms with E-state index in [1.54, 1.807) is 0 Å². The fraction of sp³-hybridized carbons (Fsp3) is 0.600. The number of aromatic nitrogens is 2. The van der Waals surface area contributed by atoms with Crippen LogP contribution in [0.15, 0.2) is 6.07 Å². The third-order valence-corrected chi connectivity index (χ3v) is 1.67. The van der Waals surface area contributed by atoms with Crippen LogP contribution in [-0.2, 0) is 9.47 Å². The molecule has 3 N–H and O–H groups in total. The van der Waals surface area contributed by atoms with Gasteiger partial charge in [-0.1, -0.05) is 0 Å². The highest BCUT2D eigenvalue weighted by Gasteiger charge is 2.12. The fourth-order valence-electron chi connectivity index (χ4n) is 1.00. The van der Waals surface area contributed by atoms with E-state index in [2.05, 4.69) is 10.2 Å². The van der Waals surface area contributed by atoms with Gasteiger partial charge in [0, 0.05) is 6.07 Å². The number of rotatable bonds is 4. The number of carbonyl (C=O) groups is 1. The lowest BCUT2D eigenvalue weighted by atomic mass is 10.2. The van der Waals surface area contributed by atoms with Gasteiger partial charge in [0.05, 0.1) is 12.2 Å². The van der Waals surface area contributed by atoms with Crippen LogP contribution in [-0.4, -0.2) is 35.0 Å². The summed E-state index contributed by atoms with van der Waals surface area (Å²) in [4.78, 5) is 11.4. The number of esters is 1. The maximum Gasteiger partial charge on any atom is 0.356 e. The van der Waals surface area contributed by atoms with Crippen molar-refractivity contribution in [3.63, 3.8) is 0 Å². The molecule has 0 aliphatic rings. The number of ether oxygens (including phenoxy) is 2. The van der Waals surface area contributed by atoms with Crippen molar-refractivity contribution in [1.29, 1.82) is 0 Å². The Hall–Kier alpha value is -1.56. The first kappa shape index (κ1) is 12.5. The Labute approximate surface area is 94.1 Å². The molecule has 0 aliphatic heterocycles. The molecule has 1 aromatic rings. The molecule has 0 fully saturated rings. The third-order valence-electron chi connectivity index (χ3n) is 1.67. The van der Waals surface area contributed by atoms with E-state index < -0.39 is 5.97 Å². The Morgan fingerprint density at radius 1 is 1.50 bits per heavy atom. The van der Waals surface area contributed by atoms with Gasteiger partial charge in [0.25, 0.3) is 0 Å². The Bertz CT molecular complexity index is 354. The second-order valence-electron chi connectivity index (χ2n) is 4.30. The van der Waals surface area contributed by atoms with Crippen LogP contribution < -0.4 is 5.73 Å². The Morgan fingerprint density at radius 3 is 2.69 bits per heavy atom. The van der Waals surface area contributed by atoms with Crippen LogP contribution in [0.2, 0.25) is 0 Å². The van der Waals surface area contributed by atoms with Gasteiger partial charge in [0.15, 0.2) is 0 Å². The average Bonchev–Trinajstić information content (AvgIpc) is 2.57. The van der Waals surface area contributed by atoms with E-state index in [0.29, 0.717) is 6.61 Å². The molecule has 0 unspecified atom stereocenters. The van der Waals surface area contributed by atoms with Gasteiger partial charge in [-0.3, -0.25) is 5.10 Å². The maximum atomic E-state index is 11.4. The molecule has 0 bridgehead atoms. The molecule has 0 amide bonds. The van der Waals surface area contributed by atoms with E-state index in [1.165, 1.54) is 6.07 Å². The standard InChI is InChI=1S/C10H17N3O3/c1-10(2,3)16-5-4-15-9(14)7-6-8(11)13-12-7/h6H,4-5H2,1-3H3,(H3,11,12,13). The molecule has 6 heteroatoms. The zero-order valence-corrected chi connectivity index (χ0v) is 9.74. The number of nitrogens with two attached hydrogens (primary N) is 1. The van der Waals surface area contributed by atoms with Gasteiger partial charge >= 0.3 is 5.97 Å². The minimum Gasteiger partial charge on any atom is -0.459 e. The number of H-pyrrole nitrogens is 1. The Morgan fingerprint density at radius 2 is 2.19 bits per heavy atom. The molecular weight excluding hydrogens is 210 g/mol. The van der Waals surface area contributed by atoms with Gasteiger partial charge in [-0.25, -0.2) is 4.79 Å². The summed E-state index contributed by atoms with van der Waals surface area (Å²) in [5.41, 5.74) is 5.37. The number of anilines is 1. The minimum atomic E-state index is -0.485. The van der Waals surface area contributed by atoms with Crippen LogP contribution in [0.1, 0.15) is 31.3 Å². The summed E-state index contributed by atoms with van der Waals surface area (Å²) in [6, 6.07) is 1.42. The van der Waals surface area contributed by atoms with Crippen molar-refractivity contribution in [3.8, 4) is 0 Å². The monoisotopic (exact) mass is 227 g/mol. The zero-order valence-electron chi connectivity index (χ0n) is 9.74. The number of nitrogen functional groups attached to an aromatic ring is 1. The zero-order chi connectivity index (χ0) is 12.2. The van der Waals surface area contributed by atoms with Crippen LogP contribution in [0.25, 0.3) is 0 Å². The molecule has 90 valence electrons. The molecule has 0 saturated carbocycles. The van der Waals surface area contributed by atoms with E-state index >= 15 is 0 Å². The summed E-state index contributed by atoms with van der Waals surface area (Å²) < 4.78 is 10.3. The van der Waals surface area contributed by atoms with Gasteiger partial charge in [-0.15, -0.1) is 0 Å². The summed E-state index contributed by atoms with van der Waals surface area (Å²) in [6.07, 6.45) is 0. The van der Waals surface area contributed by atoms with Gasteiger partial charge in [-0.05, 0) is 20.8 Å². The van der Waals surface area contributed by atoms with Crippen molar-refractivity contribution >= 4 is 11.8 Å². The molecule has 0 spiro atoms. The number of aromatic amines is 1. The van der Waals surface area contributed by atoms with Crippen molar-refractivity contribution < 1.29 is 14.3 Å². The van der Waals surface area contributed by atoms with Crippen LogP contribution in [0.5, 0.6) is 0 Å².